The van der Waals surface area contributed by atoms with Gasteiger partial charge in [-0.25, -0.2) is 8.42 Å². The van der Waals surface area contributed by atoms with Gasteiger partial charge >= 0.3 is 27.0 Å². The van der Waals surface area contributed by atoms with Crippen molar-refractivity contribution in [3.05, 3.63) is 120 Å². The average Bonchev–Trinajstić information content (AvgIpc) is 2.74. The van der Waals surface area contributed by atoms with Crippen LogP contribution in [0.1, 0.15) is 28.8 Å². The van der Waals surface area contributed by atoms with Crippen LogP contribution in [0, 0.1) is 14.4 Å². The third-order valence-corrected chi connectivity index (χ3v) is 5.56. The predicted octanol–water partition coefficient (Wildman–Crippen LogP) is 6.73. The van der Waals surface area contributed by atoms with Gasteiger partial charge in [0.05, 0.1) is 0 Å². The minimum absolute atomic E-state index is 0. The van der Waals surface area contributed by atoms with Crippen LogP contribution in [-0.2, 0) is 27.3 Å². The Labute approximate surface area is 188 Å². The van der Waals surface area contributed by atoms with Gasteiger partial charge in [-0.05, 0) is 19.1 Å². The number of halogens is 1. The van der Waals surface area contributed by atoms with Crippen LogP contribution in [0.2, 0.25) is 0 Å². The number of hydrogen-bond donors (Lipinski definition) is 0. The van der Waals surface area contributed by atoms with Gasteiger partial charge in [-0.3, -0.25) is 0 Å². The van der Waals surface area contributed by atoms with Crippen LogP contribution in [0.4, 0.5) is 0 Å². The first kappa shape index (κ1) is 25.5. The standard InChI is InChI=1S/C21H20N2O2S.CH3.ClH.Ru/c1-16-12-14-19(15-13-16)26(24,25)23-21(18-10-6-3-7-11-18)20(22)17-8-4-2-5-9-17;;;/h2-15,20-22H,1H3;1H3;1H;/q-2;-1;;+4/p-1/t20?,21-;;;/m1.../s1. The molecular weight excluding hydrogens is 493 g/mol. The van der Waals surface area contributed by atoms with Crippen molar-refractivity contribution < 1.29 is 25.7 Å². The molecule has 3 rings (SSSR count). The summed E-state index contributed by atoms with van der Waals surface area (Å²) >= 11 is 1.82. The zero-order valence-corrected chi connectivity index (χ0v) is 19.5. The van der Waals surface area contributed by atoms with Gasteiger partial charge in [0.15, 0.2) is 0 Å². The van der Waals surface area contributed by atoms with E-state index in [9.17, 15) is 8.42 Å². The van der Waals surface area contributed by atoms with Crippen LogP contribution < -0.4 is 0 Å². The maximum atomic E-state index is 12.8. The summed E-state index contributed by atoms with van der Waals surface area (Å²) < 4.78 is 29.8. The van der Waals surface area contributed by atoms with Gasteiger partial charge in [0, 0.05) is 4.90 Å². The van der Waals surface area contributed by atoms with Crippen LogP contribution >= 0.6 is 9.69 Å². The van der Waals surface area contributed by atoms with E-state index in [2.05, 4.69) is 14.4 Å². The molecule has 0 spiro atoms. The van der Waals surface area contributed by atoms with Crippen LogP contribution in [0.5, 0.6) is 0 Å². The Morgan fingerprint density at radius 1 is 0.828 bits per heavy atom. The van der Waals surface area contributed by atoms with Crippen molar-refractivity contribution in [2.24, 2.45) is 0 Å². The number of nitrogens with zero attached hydrogens (tertiary/aromatic N) is 1. The second kappa shape index (κ2) is 12.2. The molecule has 0 saturated carbocycles. The fourth-order valence-electron chi connectivity index (χ4n) is 2.73. The molecule has 4 nitrogen and oxygen atoms in total. The second-order valence-electron chi connectivity index (χ2n) is 6.14. The molecule has 29 heavy (non-hydrogen) atoms. The van der Waals surface area contributed by atoms with Crippen LogP contribution in [0.15, 0.2) is 89.8 Å². The third-order valence-electron chi connectivity index (χ3n) is 4.19. The second-order valence-corrected chi connectivity index (χ2v) is 7.77. The molecule has 2 atom stereocenters. The van der Waals surface area contributed by atoms with E-state index in [0.717, 1.165) is 11.1 Å². The van der Waals surface area contributed by atoms with Crippen molar-refractivity contribution in [2.75, 3.05) is 0 Å². The molecule has 7 heteroatoms. The Balaban J connectivity index is 0.00000136. The quantitative estimate of drug-likeness (QED) is 0.270. The molecule has 0 aliphatic heterocycles. The zero-order chi connectivity index (χ0) is 20.6. The third kappa shape index (κ3) is 7.02. The Morgan fingerprint density at radius 3 is 1.76 bits per heavy atom. The molecular formula is C22H23ClN2O2RuS. The molecule has 3 aromatic rings. The maximum absolute atomic E-state index is 12.8. The first-order chi connectivity index (χ1) is 13.5. The molecule has 0 fully saturated rings. The van der Waals surface area contributed by atoms with Crippen LogP contribution in [0.3, 0.4) is 0 Å². The summed E-state index contributed by atoms with van der Waals surface area (Å²) in [6.07, 6.45) is 0. The van der Waals surface area contributed by atoms with Gasteiger partial charge in [0.25, 0.3) is 0 Å². The van der Waals surface area contributed by atoms with Crippen molar-refractivity contribution in [1.82, 2.24) is 0 Å². The summed E-state index contributed by atoms with van der Waals surface area (Å²) in [5.74, 6) is 0. The molecule has 0 aliphatic carbocycles. The fraction of sp³-hybridized carbons (Fsp3) is 0.136. The van der Waals surface area contributed by atoms with Crippen LogP contribution in [0.25, 0.3) is 10.5 Å². The van der Waals surface area contributed by atoms with Crippen molar-refractivity contribution in [1.29, 1.82) is 0 Å². The Bertz CT molecular complexity index is 953. The number of hydrogen-bond acceptors (Lipinski definition) is 2. The van der Waals surface area contributed by atoms with E-state index in [1.165, 1.54) is 0 Å². The number of benzene rings is 3. The Kier molecular flexibility index (Phi) is 10.7. The van der Waals surface area contributed by atoms with E-state index >= 15 is 0 Å². The van der Waals surface area contributed by atoms with E-state index < -0.39 is 22.1 Å². The van der Waals surface area contributed by atoms with Gasteiger partial charge in [0.2, 0.25) is 0 Å². The molecule has 0 saturated heterocycles. The molecule has 0 radical (unpaired) electrons. The molecule has 1 unspecified atom stereocenters. The fourth-order valence-corrected chi connectivity index (χ4v) is 3.87. The summed E-state index contributed by atoms with van der Waals surface area (Å²) in [5, 5.41) is 0. The first-order valence-corrected chi connectivity index (χ1v) is 12.1. The first-order valence-electron chi connectivity index (χ1n) is 8.45. The summed E-state index contributed by atoms with van der Waals surface area (Å²) in [5.41, 5.74) is 11.0. The molecule has 0 heterocycles. The predicted molar refractivity (Wildman–Crippen MR) is 117 cm³/mol. The van der Waals surface area contributed by atoms with Crippen molar-refractivity contribution in [3.63, 3.8) is 0 Å². The molecule has 154 valence electrons. The van der Waals surface area contributed by atoms with Gasteiger partial charge in [-0.2, -0.15) is 0 Å². The summed E-state index contributed by atoms with van der Waals surface area (Å²) in [6, 6.07) is 23.3. The number of rotatable bonds is 6. The SMILES string of the molecule is Cc1ccc(S(=O)(=O)[N-][C@H](c2ccccc2)C([NH-])c2ccccc2)cc1.[CH3-].[Cl][Ru+3]. The van der Waals surface area contributed by atoms with E-state index in [1.807, 2.05) is 84.9 Å². The Morgan fingerprint density at radius 2 is 1.28 bits per heavy atom. The molecule has 0 aromatic heterocycles. The number of aryl methyl sites for hydroxylation is 1. The topological polar surface area (TPSA) is 72.0 Å². The monoisotopic (exact) mass is 516 g/mol. The normalized spacial score (nSPS) is 12.7. The molecule has 1 N–H and O–H groups in total. The molecule has 0 aliphatic rings. The van der Waals surface area contributed by atoms with Gasteiger partial charge in [-0.15, -0.1) is 12.1 Å². The Hall–Kier alpha value is -1.56. The molecule has 0 amide bonds. The van der Waals surface area contributed by atoms with Gasteiger partial charge in [0.1, 0.15) is 10.0 Å². The van der Waals surface area contributed by atoms with E-state index in [1.54, 1.807) is 24.3 Å². The van der Waals surface area contributed by atoms with E-state index in [4.69, 9.17) is 5.73 Å². The van der Waals surface area contributed by atoms with Gasteiger partial charge in [-0.1, -0.05) is 89.5 Å². The molecule has 0 bridgehead atoms. The zero-order valence-electron chi connectivity index (χ0n) is 16.1. The summed E-state index contributed by atoms with van der Waals surface area (Å²) in [6.45, 7) is 1.90. The van der Waals surface area contributed by atoms with Crippen molar-refractivity contribution in [3.8, 4) is 0 Å². The van der Waals surface area contributed by atoms with Gasteiger partial charge < -0.3 is 17.9 Å². The van der Waals surface area contributed by atoms with E-state index in [-0.39, 0.29) is 12.3 Å². The number of nitrogens with one attached hydrogen (secondary N) is 1. The van der Waals surface area contributed by atoms with Crippen LogP contribution in [-0.4, -0.2) is 8.42 Å². The number of sulfonamides is 1. The molecule has 3 aromatic carbocycles. The summed E-state index contributed by atoms with van der Waals surface area (Å²) in [7, 11) is 0.696. The van der Waals surface area contributed by atoms with E-state index in [0.29, 0.717) is 5.56 Å². The summed E-state index contributed by atoms with van der Waals surface area (Å²) in [4.78, 5) is 0.143. The van der Waals surface area contributed by atoms with Crippen molar-refractivity contribution in [2.45, 2.75) is 23.9 Å². The average molecular weight is 516 g/mol. The van der Waals surface area contributed by atoms with Crippen molar-refractivity contribution >= 4 is 19.7 Å². The minimum atomic E-state index is -3.87.